The zero-order valence-corrected chi connectivity index (χ0v) is 15.8. The maximum Gasteiger partial charge on any atom is 0.0628 e. The third-order valence-corrected chi connectivity index (χ3v) is 5.74. The number of nitrogens with zero attached hydrogens (tertiary/aromatic N) is 2. The Morgan fingerprint density at radius 1 is 0.778 bits per heavy atom. The minimum Gasteiger partial charge on any atom is -0.394 e. The lowest BCUT2D eigenvalue weighted by Crippen LogP contribution is -2.48. The van der Waals surface area contributed by atoms with Crippen LogP contribution < -0.4 is 0 Å². The number of piperazine rings is 1. The van der Waals surface area contributed by atoms with E-state index in [1.807, 2.05) is 0 Å². The van der Waals surface area contributed by atoms with Crippen LogP contribution in [0.5, 0.6) is 0 Å². The van der Waals surface area contributed by atoms with E-state index in [1.165, 1.54) is 21.9 Å². The summed E-state index contributed by atoms with van der Waals surface area (Å²) < 4.78 is 0. The fraction of sp³-hybridized carbons (Fsp3) is 0.333. The summed E-state index contributed by atoms with van der Waals surface area (Å²) in [6.07, 6.45) is 1.11. The summed E-state index contributed by atoms with van der Waals surface area (Å²) in [6, 6.07) is 25.8. The van der Waals surface area contributed by atoms with Gasteiger partial charge in [0.2, 0.25) is 0 Å². The lowest BCUT2D eigenvalue weighted by Gasteiger charge is -2.39. The molecule has 1 heterocycles. The maximum absolute atomic E-state index is 10.1. The molecule has 1 aliphatic heterocycles. The van der Waals surface area contributed by atoms with Gasteiger partial charge in [-0.25, -0.2) is 0 Å². The third kappa shape index (κ3) is 4.38. The largest absolute Gasteiger partial charge is 0.394 e. The van der Waals surface area contributed by atoms with Gasteiger partial charge in [0.05, 0.1) is 12.6 Å². The van der Waals surface area contributed by atoms with Crippen molar-refractivity contribution in [2.75, 3.05) is 39.3 Å². The number of aliphatic hydroxyl groups excluding tert-OH is 1. The van der Waals surface area contributed by atoms with E-state index in [2.05, 4.69) is 82.6 Å². The standard InChI is InChI=1S/C24H28N2O/c27-19-24(23-11-10-21-8-4-5-9-22(21)18-23)26-16-14-25(15-17-26)13-12-20-6-2-1-3-7-20/h1-11,18,24,27H,12-17,19H2. The lowest BCUT2D eigenvalue weighted by molar-refractivity contribution is 0.0656. The number of aliphatic hydroxyl groups is 1. The van der Waals surface area contributed by atoms with Gasteiger partial charge < -0.3 is 10.0 Å². The van der Waals surface area contributed by atoms with E-state index in [0.717, 1.165) is 39.1 Å². The minimum absolute atomic E-state index is 0.0888. The molecule has 1 fully saturated rings. The second kappa shape index (κ2) is 8.66. The Bertz CT molecular complexity index is 856. The molecule has 3 aromatic carbocycles. The van der Waals surface area contributed by atoms with Crippen molar-refractivity contribution >= 4 is 10.8 Å². The van der Waals surface area contributed by atoms with Gasteiger partial charge in [0.1, 0.15) is 0 Å². The molecule has 1 aliphatic rings. The van der Waals surface area contributed by atoms with Crippen LogP contribution in [0.25, 0.3) is 10.8 Å². The molecular weight excluding hydrogens is 332 g/mol. The van der Waals surface area contributed by atoms with Crippen molar-refractivity contribution in [2.45, 2.75) is 12.5 Å². The molecule has 3 aromatic rings. The van der Waals surface area contributed by atoms with Gasteiger partial charge in [-0.05, 0) is 34.4 Å². The van der Waals surface area contributed by atoms with Crippen LogP contribution >= 0.6 is 0 Å². The van der Waals surface area contributed by atoms with Gasteiger partial charge in [-0.1, -0.05) is 66.7 Å². The molecule has 0 aromatic heterocycles. The van der Waals surface area contributed by atoms with Gasteiger partial charge in [0.15, 0.2) is 0 Å². The fourth-order valence-electron chi connectivity index (χ4n) is 4.08. The summed E-state index contributed by atoms with van der Waals surface area (Å²) in [5, 5.41) is 12.6. The normalized spacial score (nSPS) is 17.2. The first-order valence-corrected chi connectivity index (χ1v) is 9.93. The first-order valence-electron chi connectivity index (χ1n) is 9.93. The molecule has 0 saturated carbocycles. The van der Waals surface area contributed by atoms with Gasteiger partial charge in [0, 0.05) is 32.7 Å². The zero-order chi connectivity index (χ0) is 18.5. The van der Waals surface area contributed by atoms with Crippen LogP contribution in [0.1, 0.15) is 17.2 Å². The summed E-state index contributed by atoms with van der Waals surface area (Å²) in [5.74, 6) is 0. The molecule has 1 N–H and O–H groups in total. The molecule has 4 rings (SSSR count). The highest BCUT2D eigenvalue weighted by Gasteiger charge is 2.24. The SMILES string of the molecule is OCC(c1ccc2ccccc2c1)N1CCN(CCc2ccccc2)CC1. The van der Waals surface area contributed by atoms with Crippen LogP contribution in [-0.4, -0.2) is 54.2 Å². The summed E-state index contributed by atoms with van der Waals surface area (Å²) in [5.41, 5.74) is 2.62. The van der Waals surface area contributed by atoms with Crippen molar-refractivity contribution in [3.05, 3.63) is 83.9 Å². The van der Waals surface area contributed by atoms with Gasteiger partial charge >= 0.3 is 0 Å². The maximum atomic E-state index is 10.1. The van der Waals surface area contributed by atoms with Crippen molar-refractivity contribution in [3.63, 3.8) is 0 Å². The van der Waals surface area contributed by atoms with E-state index in [9.17, 15) is 5.11 Å². The van der Waals surface area contributed by atoms with E-state index in [-0.39, 0.29) is 12.6 Å². The molecule has 0 bridgehead atoms. The monoisotopic (exact) mass is 360 g/mol. The molecule has 1 atom stereocenters. The molecule has 1 saturated heterocycles. The summed E-state index contributed by atoms with van der Waals surface area (Å²) in [7, 11) is 0. The van der Waals surface area contributed by atoms with Crippen molar-refractivity contribution < 1.29 is 5.11 Å². The Morgan fingerprint density at radius 3 is 2.22 bits per heavy atom. The number of benzene rings is 3. The predicted octanol–water partition coefficient (Wildman–Crippen LogP) is 3.73. The van der Waals surface area contributed by atoms with E-state index >= 15 is 0 Å². The molecule has 3 nitrogen and oxygen atoms in total. The first kappa shape index (κ1) is 18.2. The molecule has 0 spiro atoms. The summed E-state index contributed by atoms with van der Waals surface area (Å²) >= 11 is 0. The van der Waals surface area contributed by atoms with E-state index in [1.54, 1.807) is 0 Å². The molecule has 140 valence electrons. The Hall–Kier alpha value is -2.20. The van der Waals surface area contributed by atoms with Crippen LogP contribution in [-0.2, 0) is 6.42 Å². The molecule has 0 radical (unpaired) electrons. The molecule has 27 heavy (non-hydrogen) atoms. The van der Waals surface area contributed by atoms with Crippen LogP contribution in [0.2, 0.25) is 0 Å². The predicted molar refractivity (Wildman–Crippen MR) is 112 cm³/mol. The van der Waals surface area contributed by atoms with Crippen LogP contribution in [0.15, 0.2) is 72.8 Å². The van der Waals surface area contributed by atoms with E-state index in [0.29, 0.717) is 0 Å². The summed E-state index contributed by atoms with van der Waals surface area (Å²) in [4.78, 5) is 4.97. The number of hydrogen-bond acceptors (Lipinski definition) is 3. The quantitative estimate of drug-likeness (QED) is 0.725. The highest BCUT2D eigenvalue weighted by molar-refractivity contribution is 5.83. The average Bonchev–Trinajstić information content (AvgIpc) is 2.74. The van der Waals surface area contributed by atoms with Crippen LogP contribution in [0.4, 0.5) is 0 Å². The molecular formula is C24H28N2O. The Labute approximate surface area is 161 Å². The van der Waals surface area contributed by atoms with Gasteiger partial charge in [-0.2, -0.15) is 0 Å². The smallest absolute Gasteiger partial charge is 0.0628 e. The van der Waals surface area contributed by atoms with Crippen LogP contribution in [0.3, 0.4) is 0 Å². The first-order chi connectivity index (χ1) is 13.3. The molecule has 0 amide bonds. The number of hydrogen-bond donors (Lipinski definition) is 1. The Morgan fingerprint density at radius 2 is 1.48 bits per heavy atom. The third-order valence-electron chi connectivity index (χ3n) is 5.74. The number of fused-ring (bicyclic) bond motifs is 1. The molecule has 1 unspecified atom stereocenters. The molecule has 0 aliphatic carbocycles. The highest BCUT2D eigenvalue weighted by atomic mass is 16.3. The van der Waals surface area contributed by atoms with Crippen molar-refractivity contribution in [3.8, 4) is 0 Å². The summed E-state index contributed by atoms with van der Waals surface area (Å²) in [6.45, 7) is 5.42. The minimum atomic E-state index is 0.0888. The number of rotatable bonds is 6. The lowest BCUT2D eigenvalue weighted by atomic mass is 10.0. The topological polar surface area (TPSA) is 26.7 Å². The van der Waals surface area contributed by atoms with Crippen LogP contribution in [0, 0.1) is 0 Å². The van der Waals surface area contributed by atoms with E-state index in [4.69, 9.17) is 0 Å². The van der Waals surface area contributed by atoms with Crippen molar-refractivity contribution in [2.24, 2.45) is 0 Å². The fourth-order valence-corrected chi connectivity index (χ4v) is 4.08. The van der Waals surface area contributed by atoms with Crippen molar-refractivity contribution in [1.29, 1.82) is 0 Å². The van der Waals surface area contributed by atoms with E-state index < -0.39 is 0 Å². The van der Waals surface area contributed by atoms with Crippen molar-refractivity contribution in [1.82, 2.24) is 9.80 Å². The highest BCUT2D eigenvalue weighted by Crippen LogP contribution is 2.25. The average molecular weight is 361 g/mol. The zero-order valence-electron chi connectivity index (χ0n) is 15.8. The van der Waals surface area contributed by atoms with Gasteiger partial charge in [-0.3, -0.25) is 4.90 Å². The second-order valence-corrected chi connectivity index (χ2v) is 7.42. The second-order valence-electron chi connectivity index (χ2n) is 7.42. The molecule has 3 heteroatoms. The Balaban J connectivity index is 1.36. The Kier molecular flexibility index (Phi) is 5.83. The van der Waals surface area contributed by atoms with Gasteiger partial charge in [-0.15, -0.1) is 0 Å². The van der Waals surface area contributed by atoms with Gasteiger partial charge in [0.25, 0.3) is 0 Å².